The number of piperazine rings is 1. The summed E-state index contributed by atoms with van der Waals surface area (Å²) >= 11 is 0. The zero-order valence-corrected chi connectivity index (χ0v) is 24.3. The zero-order valence-electron chi connectivity index (χ0n) is 24.3. The van der Waals surface area contributed by atoms with Gasteiger partial charge in [0.25, 0.3) is 5.91 Å². The van der Waals surface area contributed by atoms with Gasteiger partial charge in [-0.2, -0.15) is 13.2 Å². The highest BCUT2D eigenvalue weighted by molar-refractivity contribution is 6.07. The fourth-order valence-electron chi connectivity index (χ4n) is 5.41. The molecule has 4 heterocycles. The number of amides is 1. The van der Waals surface area contributed by atoms with Crippen LogP contribution in [0.3, 0.4) is 0 Å². The minimum atomic E-state index is -5.04. The van der Waals surface area contributed by atoms with Crippen LogP contribution in [0.4, 0.5) is 39.3 Å². The van der Waals surface area contributed by atoms with Gasteiger partial charge in [-0.25, -0.2) is 18.7 Å². The maximum atomic E-state index is 16.5. The molecule has 10 nitrogen and oxygen atoms in total. The fourth-order valence-corrected chi connectivity index (χ4v) is 5.41. The van der Waals surface area contributed by atoms with Crippen molar-refractivity contribution in [3.8, 4) is 5.75 Å². The van der Waals surface area contributed by atoms with Crippen molar-refractivity contribution in [3.05, 3.63) is 75.5 Å². The molecule has 3 aromatic rings. The monoisotopic (exact) mass is 619 g/mol. The second kappa shape index (κ2) is 11.9. The molecule has 0 saturated carbocycles. The summed E-state index contributed by atoms with van der Waals surface area (Å²) < 4.78 is 78.6. The number of alkyl halides is 3. The topological polar surface area (TPSA) is 107 Å². The van der Waals surface area contributed by atoms with Crippen molar-refractivity contribution in [1.82, 2.24) is 19.9 Å². The number of anilines is 3. The summed E-state index contributed by atoms with van der Waals surface area (Å²) in [6.07, 6.45) is 0.0704. The third-order valence-corrected chi connectivity index (χ3v) is 7.98. The molecular weight excluding hydrogens is 589 g/mol. The van der Waals surface area contributed by atoms with E-state index in [4.69, 9.17) is 4.74 Å². The Labute approximate surface area is 249 Å². The number of aromatic nitrogens is 3. The van der Waals surface area contributed by atoms with Gasteiger partial charge in [-0.1, -0.05) is 6.08 Å². The lowest BCUT2D eigenvalue weighted by molar-refractivity contribution is -0.138. The molecule has 234 valence electrons. The number of H-pyrrole nitrogens is 1. The molecule has 0 bridgehead atoms. The lowest BCUT2D eigenvalue weighted by Crippen LogP contribution is -2.55. The largest absolute Gasteiger partial charge is 0.494 e. The van der Waals surface area contributed by atoms with E-state index in [1.165, 1.54) is 19.5 Å². The first-order valence-electron chi connectivity index (χ1n) is 13.7. The van der Waals surface area contributed by atoms with E-state index in [1.54, 1.807) is 15.9 Å². The van der Waals surface area contributed by atoms with Gasteiger partial charge < -0.3 is 24.8 Å². The highest BCUT2D eigenvalue weighted by atomic mass is 19.4. The molecule has 0 spiro atoms. The van der Waals surface area contributed by atoms with Crippen LogP contribution in [0.1, 0.15) is 35.3 Å². The number of methoxy groups -OCH3 is 1. The van der Waals surface area contributed by atoms with Crippen molar-refractivity contribution in [2.45, 2.75) is 32.1 Å². The molecule has 44 heavy (non-hydrogen) atoms. The summed E-state index contributed by atoms with van der Waals surface area (Å²) in [6, 6.07) is 1.26. The first-order valence-corrected chi connectivity index (χ1v) is 13.7. The Morgan fingerprint density at radius 1 is 1.09 bits per heavy atom. The van der Waals surface area contributed by atoms with Crippen molar-refractivity contribution >= 4 is 28.8 Å². The number of carbonyl (C=O) groups is 1. The molecule has 0 radical (unpaired) electrons. The lowest BCUT2D eigenvalue weighted by atomic mass is 10.0. The molecule has 15 heteroatoms. The number of nitrogens with one attached hydrogen (secondary N) is 2. The minimum absolute atomic E-state index is 0.0178. The van der Waals surface area contributed by atoms with E-state index in [0.29, 0.717) is 31.0 Å². The normalized spacial score (nSPS) is 19.2. The first kappa shape index (κ1) is 30.9. The van der Waals surface area contributed by atoms with Gasteiger partial charge in [-0.05, 0) is 26.5 Å². The Morgan fingerprint density at radius 3 is 2.36 bits per heavy atom. The Bertz CT molecular complexity index is 1650. The number of carbonyl (C=O) groups excluding carboxylic acids is 1. The van der Waals surface area contributed by atoms with Gasteiger partial charge in [-0.3, -0.25) is 14.5 Å². The van der Waals surface area contributed by atoms with Crippen LogP contribution in [0.15, 0.2) is 41.6 Å². The zero-order chi connectivity index (χ0) is 31.9. The van der Waals surface area contributed by atoms with Gasteiger partial charge >= 0.3 is 6.18 Å². The highest BCUT2D eigenvalue weighted by Gasteiger charge is 2.37. The Kier molecular flexibility index (Phi) is 8.34. The molecule has 2 aliphatic rings. The first-order chi connectivity index (χ1) is 20.8. The Morgan fingerprint density at radius 2 is 1.75 bits per heavy atom. The van der Waals surface area contributed by atoms with Crippen LogP contribution in [0.5, 0.6) is 5.75 Å². The number of hydrogen-bond donors (Lipinski definition) is 2. The summed E-state index contributed by atoms with van der Waals surface area (Å²) in [5, 5.41) is 2.27. The number of benzene rings is 1. The average Bonchev–Trinajstić information content (AvgIpc) is 3.46. The lowest BCUT2D eigenvalue weighted by Gasteiger charge is -2.44. The summed E-state index contributed by atoms with van der Waals surface area (Å²) in [5.41, 5.74) is -4.17. The van der Waals surface area contributed by atoms with Crippen molar-refractivity contribution in [2.75, 3.05) is 55.5 Å². The van der Waals surface area contributed by atoms with Crippen LogP contribution in [-0.4, -0.2) is 78.2 Å². The number of nitrogens with zero attached hydrogens (tertiary/aromatic N) is 5. The number of pyridine rings is 1. The Balaban J connectivity index is 1.56. The molecule has 2 aromatic heterocycles. The van der Waals surface area contributed by atoms with E-state index in [1.807, 2.05) is 20.9 Å². The number of likely N-dealkylation sites (N-methyl/N-ethyl adjacent to an activating group) is 1. The molecule has 2 aliphatic heterocycles. The second-order valence-corrected chi connectivity index (χ2v) is 10.8. The number of aromatic amines is 1. The summed E-state index contributed by atoms with van der Waals surface area (Å²) in [6.45, 7) is 4.77. The van der Waals surface area contributed by atoms with Crippen LogP contribution in [0.25, 0.3) is 5.57 Å². The van der Waals surface area contributed by atoms with Crippen molar-refractivity contribution in [1.29, 1.82) is 0 Å². The molecule has 1 aromatic carbocycles. The quantitative estimate of drug-likeness (QED) is 0.397. The molecule has 2 atom stereocenters. The summed E-state index contributed by atoms with van der Waals surface area (Å²) in [5.74, 6) is -2.65. The van der Waals surface area contributed by atoms with Gasteiger partial charge in [0.2, 0.25) is 11.5 Å². The molecular formula is C29H30F5N7O3. The van der Waals surface area contributed by atoms with E-state index in [-0.39, 0.29) is 42.5 Å². The predicted molar refractivity (Wildman–Crippen MR) is 154 cm³/mol. The molecule has 5 rings (SSSR count). The summed E-state index contributed by atoms with van der Waals surface area (Å²) in [4.78, 5) is 40.9. The molecule has 1 fully saturated rings. The molecule has 1 amide bonds. The standard InChI is InChI=1S/C29H30F5N7O3/c1-15-12-41(13-16(2)39(15)3)22-8-21(30)24(17-5-6-40(14-17)28-36-9-18(44-4)10-37-28)25(31)26(22)38-27(43)19-11-35-23(42)7-20(19)29(32,33)34/h5,7-11,15-16H,6,12-14H2,1-4H3,(H,35,42)(H,38,43)/t15-,16+. The second-order valence-electron chi connectivity index (χ2n) is 10.8. The van der Waals surface area contributed by atoms with E-state index >= 15 is 8.78 Å². The SMILES string of the molecule is COc1cnc(N2CC=C(c3c(F)cc(N4C[C@@H](C)N(C)[C@@H](C)C4)c(NC(=O)c4c[nH]c(=O)cc4C(F)(F)F)c3F)C2)nc1. The number of ether oxygens (including phenoxy) is 1. The van der Waals surface area contributed by atoms with E-state index in [9.17, 15) is 22.8 Å². The smallest absolute Gasteiger partial charge is 0.417 e. The maximum absolute atomic E-state index is 16.5. The van der Waals surface area contributed by atoms with E-state index < -0.39 is 51.7 Å². The third kappa shape index (κ3) is 5.96. The minimum Gasteiger partial charge on any atom is -0.494 e. The predicted octanol–water partition coefficient (Wildman–Crippen LogP) is 4.16. The molecule has 0 aliphatic carbocycles. The van der Waals surface area contributed by atoms with Crippen LogP contribution in [0.2, 0.25) is 0 Å². The molecule has 0 unspecified atom stereocenters. The van der Waals surface area contributed by atoms with Crippen LogP contribution >= 0.6 is 0 Å². The van der Waals surface area contributed by atoms with E-state index in [2.05, 4.69) is 25.2 Å². The summed E-state index contributed by atoms with van der Waals surface area (Å²) in [7, 11) is 3.38. The number of rotatable bonds is 6. The van der Waals surface area contributed by atoms with Crippen LogP contribution in [-0.2, 0) is 6.18 Å². The van der Waals surface area contributed by atoms with Crippen molar-refractivity contribution in [2.24, 2.45) is 0 Å². The highest BCUT2D eigenvalue weighted by Crippen LogP contribution is 2.40. The van der Waals surface area contributed by atoms with Gasteiger partial charge in [0.05, 0.1) is 41.9 Å². The average molecular weight is 620 g/mol. The fraction of sp³-hybridized carbons (Fsp3) is 0.379. The van der Waals surface area contributed by atoms with Crippen LogP contribution < -0.4 is 25.4 Å². The van der Waals surface area contributed by atoms with Gasteiger partial charge in [0.15, 0.2) is 11.6 Å². The third-order valence-electron chi connectivity index (χ3n) is 7.98. The Hall–Kier alpha value is -4.53. The number of hydrogen-bond acceptors (Lipinski definition) is 8. The molecule has 1 saturated heterocycles. The van der Waals surface area contributed by atoms with Crippen molar-refractivity contribution in [3.63, 3.8) is 0 Å². The van der Waals surface area contributed by atoms with Crippen molar-refractivity contribution < 1.29 is 31.5 Å². The number of halogens is 5. The van der Waals surface area contributed by atoms with Gasteiger partial charge in [0.1, 0.15) is 11.5 Å². The van der Waals surface area contributed by atoms with Gasteiger partial charge in [-0.15, -0.1) is 0 Å². The van der Waals surface area contributed by atoms with Crippen LogP contribution in [0, 0.1) is 11.6 Å². The van der Waals surface area contributed by atoms with E-state index in [0.717, 1.165) is 6.07 Å². The molecule has 2 N–H and O–H groups in total. The maximum Gasteiger partial charge on any atom is 0.417 e. The van der Waals surface area contributed by atoms with Gasteiger partial charge in [0, 0.05) is 56.6 Å².